The molecule has 2 atom stereocenters. The zero-order valence-corrected chi connectivity index (χ0v) is 27.7. The van der Waals surface area contributed by atoms with Crippen LogP contribution in [0.1, 0.15) is 115 Å². The van der Waals surface area contributed by atoms with E-state index >= 15 is 0 Å². The second kappa shape index (κ2) is 22.3. The van der Waals surface area contributed by atoms with Crippen LogP contribution in [0.4, 0.5) is 5.13 Å². The monoisotopic (exact) mass is 616 g/mol. The number of aliphatic hydroxyl groups excluding tert-OH is 1. The lowest BCUT2D eigenvalue weighted by atomic mass is 10.00. The van der Waals surface area contributed by atoms with Crippen LogP contribution in [0.5, 0.6) is 0 Å². The third-order valence-corrected chi connectivity index (χ3v) is 7.52. The Morgan fingerprint density at radius 1 is 1.13 bits per heavy atom. The molecule has 1 aromatic heterocycles. The molecule has 1 aromatic carbocycles. The van der Waals surface area contributed by atoms with Crippen LogP contribution in [0.2, 0.25) is 10.0 Å². The van der Waals surface area contributed by atoms with Gasteiger partial charge in [0.05, 0.1) is 22.4 Å². The number of nitrogens with zero attached hydrogens (tertiary/aromatic N) is 2. The molecule has 1 aliphatic rings. The molecule has 0 saturated heterocycles. The number of benzene rings is 1. The molecule has 1 N–H and O–H groups in total. The van der Waals surface area contributed by atoms with Crippen LogP contribution in [0.3, 0.4) is 0 Å². The summed E-state index contributed by atoms with van der Waals surface area (Å²) in [5.74, 6) is 0.688. The number of hydrogen-bond donors (Lipinski definition) is 1. The normalized spacial score (nSPS) is 13.7. The van der Waals surface area contributed by atoms with E-state index in [9.17, 15) is 9.90 Å². The second-order valence-electron chi connectivity index (χ2n) is 9.19. The summed E-state index contributed by atoms with van der Waals surface area (Å²) in [5.41, 5.74) is 0.888. The molecule has 39 heavy (non-hydrogen) atoms. The Kier molecular flexibility index (Phi) is 21.5. The number of amides is 1. The van der Waals surface area contributed by atoms with E-state index in [1.165, 1.54) is 67.2 Å². The first-order valence-electron chi connectivity index (χ1n) is 14.0. The summed E-state index contributed by atoms with van der Waals surface area (Å²) in [6.45, 7) is 12.5. The van der Waals surface area contributed by atoms with Gasteiger partial charge in [-0.05, 0) is 56.4 Å². The van der Waals surface area contributed by atoms with Gasteiger partial charge in [-0.25, -0.2) is 4.98 Å². The number of unbranched alkanes of at least 4 members (excludes halogenated alkanes) is 1. The van der Waals surface area contributed by atoms with Crippen molar-refractivity contribution >= 4 is 57.2 Å². The number of anilines is 1. The van der Waals surface area contributed by atoms with E-state index in [1.807, 2.05) is 26.0 Å². The summed E-state index contributed by atoms with van der Waals surface area (Å²) in [7, 11) is 1.61. The average molecular weight is 618 g/mol. The molecule has 0 fully saturated rings. The van der Waals surface area contributed by atoms with Crippen molar-refractivity contribution in [2.45, 2.75) is 99.0 Å². The number of hydrogen-bond acceptors (Lipinski definition) is 4. The van der Waals surface area contributed by atoms with Crippen molar-refractivity contribution in [2.75, 3.05) is 11.9 Å². The number of aliphatic hydroxyl groups is 1. The molecular formula is C31H47Cl3N2O2S. The van der Waals surface area contributed by atoms with E-state index < -0.39 is 6.10 Å². The number of rotatable bonds is 8. The molecule has 8 heteroatoms. The van der Waals surface area contributed by atoms with E-state index in [2.05, 4.69) is 31.8 Å². The SMILES string of the molecule is CC.CC(O)c1csc(N(C)C(=O)c2ccc(Cl)cc2Cl)n1.CCCCC(C)CCC.ClC1=CC=CCCC1. The second-order valence-corrected chi connectivity index (χ2v) is 11.4. The van der Waals surface area contributed by atoms with Gasteiger partial charge in [0.15, 0.2) is 5.13 Å². The van der Waals surface area contributed by atoms with Crippen LogP contribution >= 0.6 is 46.1 Å². The first-order valence-corrected chi connectivity index (χ1v) is 16.0. The lowest BCUT2D eigenvalue weighted by molar-refractivity contribution is 0.0993. The van der Waals surface area contributed by atoms with Gasteiger partial charge in [-0.1, -0.05) is 114 Å². The highest BCUT2D eigenvalue weighted by atomic mass is 35.5. The maximum absolute atomic E-state index is 12.4. The largest absolute Gasteiger partial charge is 0.387 e. The van der Waals surface area contributed by atoms with Crippen molar-refractivity contribution < 1.29 is 9.90 Å². The van der Waals surface area contributed by atoms with Crippen molar-refractivity contribution in [3.63, 3.8) is 0 Å². The van der Waals surface area contributed by atoms with Gasteiger partial charge in [-0.2, -0.15) is 0 Å². The fourth-order valence-electron chi connectivity index (χ4n) is 3.48. The number of carbonyl (C=O) groups is 1. The molecule has 220 valence electrons. The predicted molar refractivity (Wildman–Crippen MR) is 174 cm³/mol. The van der Waals surface area contributed by atoms with Gasteiger partial charge in [-0.3, -0.25) is 9.69 Å². The summed E-state index contributed by atoms with van der Waals surface area (Å²) >= 11 is 18.8. The van der Waals surface area contributed by atoms with Crippen molar-refractivity contribution in [3.05, 3.63) is 68.1 Å². The fourth-order valence-corrected chi connectivity index (χ4v) is 5.05. The molecule has 1 amide bonds. The third kappa shape index (κ3) is 15.9. The Morgan fingerprint density at radius 3 is 2.38 bits per heavy atom. The Morgan fingerprint density at radius 2 is 1.82 bits per heavy atom. The zero-order chi connectivity index (χ0) is 29.8. The maximum atomic E-state index is 12.4. The van der Waals surface area contributed by atoms with Crippen LogP contribution in [0, 0.1) is 5.92 Å². The summed E-state index contributed by atoms with van der Waals surface area (Å²) in [6.07, 6.45) is 15.9. The molecular weight excluding hydrogens is 571 g/mol. The minimum atomic E-state index is -0.664. The molecule has 0 bridgehead atoms. The molecule has 2 aromatic rings. The predicted octanol–water partition coefficient (Wildman–Crippen LogP) is 11.3. The van der Waals surface area contributed by atoms with E-state index in [4.69, 9.17) is 34.8 Å². The highest BCUT2D eigenvalue weighted by Gasteiger charge is 2.20. The minimum Gasteiger partial charge on any atom is -0.387 e. The highest BCUT2D eigenvalue weighted by molar-refractivity contribution is 7.14. The number of thiazole rings is 1. The number of halogens is 3. The number of aromatic nitrogens is 1. The van der Waals surface area contributed by atoms with E-state index in [0.29, 0.717) is 26.4 Å². The van der Waals surface area contributed by atoms with Crippen LogP contribution in [-0.4, -0.2) is 23.0 Å². The lowest BCUT2D eigenvalue weighted by Crippen LogP contribution is -2.26. The molecule has 2 unspecified atom stereocenters. The van der Waals surface area contributed by atoms with Gasteiger partial charge in [0.25, 0.3) is 5.91 Å². The Balaban J connectivity index is 0.000000630. The van der Waals surface area contributed by atoms with Crippen LogP contribution < -0.4 is 4.90 Å². The summed E-state index contributed by atoms with van der Waals surface area (Å²) in [5, 5.41) is 13.4. The molecule has 0 spiro atoms. The zero-order valence-electron chi connectivity index (χ0n) is 24.6. The quantitative estimate of drug-likeness (QED) is 0.320. The molecule has 3 rings (SSSR count). The summed E-state index contributed by atoms with van der Waals surface area (Å²) in [6, 6.07) is 4.71. The molecule has 0 aliphatic heterocycles. The minimum absolute atomic E-state index is 0.279. The summed E-state index contributed by atoms with van der Waals surface area (Å²) < 4.78 is 0. The average Bonchev–Trinajstić information content (AvgIpc) is 3.30. The molecule has 0 radical (unpaired) electrons. The van der Waals surface area contributed by atoms with E-state index in [0.717, 1.165) is 17.4 Å². The van der Waals surface area contributed by atoms with Gasteiger partial charge >= 0.3 is 0 Å². The van der Waals surface area contributed by atoms with Gasteiger partial charge in [0.1, 0.15) is 0 Å². The first-order chi connectivity index (χ1) is 18.6. The van der Waals surface area contributed by atoms with Crippen LogP contribution in [0.25, 0.3) is 0 Å². The Hall–Kier alpha value is -1.37. The third-order valence-electron chi connectivity index (χ3n) is 5.72. The summed E-state index contributed by atoms with van der Waals surface area (Å²) in [4.78, 5) is 18.0. The first kappa shape index (κ1) is 37.6. The molecule has 1 heterocycles. The van der Waals surface area contributed by atoms with Crippen molar-refractivity contribution in [2.24, 2.45) is 5.92 Å². The Bertz CT molecular complexity index is 1010. The molecule has 0 saturated carbocycles. The lowest BCUT2D eigenvalue weighted by Gasteiger charge is -2.14. The smallest absolute Gasteiger partial charge is 0.261 e. The number of carbonyl (C=O) groups excluding carboxylic acids is 1. The van der Waals surface area contributed by atoms with Gasteiger partial charge in [0.2, 0.25) is 0 Å². The van der Waals surface area contributed by atoms with E-state index in [-0.39, 0.29) is 5.91 Å². The maximum Gasteiger partial charge on any atom is 0.261 e. The molecule has 1 aliphatic carbocycles. The topological polar surface area (TPSA) is 53.4 Å². The fraction of sp³-hybridized carbons (Fsp3) is 0.548. The number of allylic oxidation sites excluding steroid dienone is 4. The van der Waals surface area contributed by atoms with Crippen molar-refractivity contribution in [1.82, 2.24) is 4.98 Å². The van der Waals surface area contributed by atoms with Crippen LogP contribution in [-0.2, 0) is 0 Å². The van der Waals surface area contributed by atoms with Crippen LogP contribution in [0.15, 0.2) is 46.8 Å². The standard InChI is InChI=1S/C13H12Cl2N2O2S.C9H20.C7H9Cl.C2H6/c1-7(18)11-6-20-13(16-11)17(2)12(19)9-4-3-8(14)5-10(9)15;1-4-6-8-9(3)7-5-2;8-7-5-3-1-2-4-6-7;1-2/h3-7,18H,1-2H3;9H,4-8H2,1-3H3;1,3,5H,2,4,6H2;1-2H3. The van der Waals surface area contributed by atoms with E-state index in [1.54, 1.807) is 31.5 Å². The Labute approximate surface area is 256 Å². The van der Waals surface area contributed by atoms with Gasteiger partial charge < -0.3 is 5.11 Å². The van der Waals surface area contributed by atoms with Crippen molar-refractivity contribution in [3.8, 4) is 0 Å². The molecule has 4 nitrogen and oxygen atoms in total. The van der Waals surface area contributed by atoms with Gasteiger partial charge in [-0.15, -0.1) is 11.3 Å². The van der Waals surface area contributed by atoms with Gasteiger partial charge in [0, 0.05) is 22.5 Å². The van der Waals surface area contributed by atoms with Crippen molar-refractivity contribution in [1.29, 1.82) is 0 Å². The highest BCUT2D eigenvalue weighted by Crippen LogP contribution is 2.27.